The van der Waals surface area contributed by atoms with Crippen LogP contribution in [0.3, 0.4) is 0 Å². The van der Waals surface area contributed by atoms with Gasteiger partial charge in [0.15, 0.2) is 5.82 Å². The van der Waals surface area contributed by atoms with Crippen LogP contribution in [0.5, 0.6) is 0 Å². The van der Waals surface area contributed by atoms with Gasteiger partial charge in [-0.2, -0.15) is 10.2 Å². The summed E-state index contributed by atoms with van der Waals surface area (Å²) in [5, 5.41) is 12.8. The van der Waals surface area contributed by atoms with E-state index in [0.29, 0.717) is 23.1 Å². The second kappa shape index (κ2) is 4.06. The summed E-state index contributed by atoms with van der Waals surface area (Å²) in [6, 6.07) is 3.77. The molecule has 0 aromatic carbocycles. The van der Waals surface area contributed by atoms with Crippen LogP contribution in [0.4, 0.5) is 0 Å². The van der Waals surface area contributed by atoms with Gasteiger partial charge in [-0.15, -0.1) is 0 Å². The van der Waals surface area contributed by atoms with Crippen molar-refractivity contribution in [2.45, 2.75) is 31.6 Å². The summed E-state index contributed by atoms with van der Waals surface area (Å²) in [6.07, 6.45) is 6.42. The highest BCUT2D eigenvalue weighted by Crippen LogP contribution is 2.33. The predicted molar refractivity (Wildman–Crippen MR) is 60.0 cm³/mol. The molecule has 1 fully saturated rings. The Bertz CT molecular complexity index is 557. The molecule has 2 aromatic heterocycles. The second-order valence-electron chi connectivity index (χ2n) is 4.35. The fourth-order valence-electron chi connectivity index (χ4n) is 2.28. The molecule has 0 unspecified atom stereocenters. The zero-order valence-electron chi connectivity index (χ0n) is 9.31. The van der Waals surface area contributed by atoms with E-state index < -0.39 is 0 Å². The summed E-state index contributed by atoms with van der Waals surface area (Å²) >= 11 is 0. The Morgan fingerprint density at radius 1 is 1.41 bits per heavy atom. The molecular weight excluding hydrogens is 216 g/mol. The average Bonchev–Trinajstić information content (AvgIpc) is 3.09. The molecule has 0 saturated heterocycles. The van der Waals surface area contributed by atoms with E-state index in [2.05, 4.69) is 21.2 Å². The first-order valence-electron chi connectivity index (χ1n) is 5.79. The number of hydrogen-bond acceptors (Lipinski definition) is 4. The number of nitrogens with one attached hydrogen (secondary N) is 1. The Balaban J connectivity index is 1.86. The maximum Gasteiger partial charge on any atom is 0.274 e. The van der Waals surface area contributed by atoms with Crippen LogP contribution in [-0.2, 0) is 0 Å². The lowest BCUT2D eigenvalue weighted by Crippen LogP contribution is -1.94. The number of aromatic nitrogens is 3. The minimum absolute atomic E-state index is 0.442. The Kier molecular flexibility index (Phi) is 2.41. The Hall–Kier alpha value is -2.09. The molecule has 0 spiro atoms. The number of hydrogen-bond donors (Lipinski definition) is 1. The molecule has 0 bridgehead atoms. The van der Waals surface area contributed by atoms with Crippen molar-refractivity contribution in [1.29, 1.82) is 5.26 Å². The molecule has 5 heteroatoms. The van der Waals surface area contributed by atoms with Crippen LogP contribution in [0.2, 0.25) is 0 Å². The lowest BCUT2D eigenvalue weighted by atomic mass is 10.1. The van der Waals surface area contributed by atoms with Crippen molar-refractivity contribution in [2.75, 3.05) is 0 Å². The number of nitriles is 1. The molecule has 0 aliphatic heterocycles. The number of H-pyrrole nitrogens is 1. The van der Waals surface area contributed by atoms with Gasteiger partial charge in [0.05, 0.1) is 5.56 Å². The minimum Gasteiger partial charge on any atom is -0.356 e. The standard InChI is InChI=1S/C12H12N4O/c13-6-8-5-10(14-7-8)12-15-11(16-17-12)9-3-1-2-4-9/h5,7,9,14H,1-4H2. The molecule has 1 saturated carbocycles. The Labute approximate surface area is 98.5 Å². The molecule has 1 N–H and O–H groups in total. The molecule has 1 aliphatic rings. The van der Waals surface area contributed by atoms with Crippen LogP contribution in [0.15, 0.2) is 16.8 Å². The molecule has 2 aromatic rings. The van der Waals surface area contributed by atoms with Gasteiger partial charge >= 0.3 is 0 Å². The smallest absolute Gasteiger partial charge is 0.274 e. The van der Waals surface area contributed by atoms with Crippen LogP contribution in [0.25, 0.3) is 11.6 Å². The first kappa shape index (κ1) is 10.1. The summed E-state index contributed by atoms with van der Waals surface area (Å²) in [4.78, 5) is 7.35. The van der Waals surface area contributed by atoms with E-state index in [-0.39, 0.29) is 0 Å². The SMILES string of the molecule is N#Cc1c[nH]c(-c2nc(C3CCCC3)no2)c1. The molecule has 0 amide bonds. The molecule has 0 radical (unpaired) electrons. The highest BCUT2D eigenvalue weighted by Gasteiger charge is 2.22. The maximum absolute atomic E-state index is 8.74. The third-order valence-corrected chi connectivity index (χ3v) is 3.20. The van der Waals surface area contributed by atoms with E-state index in [1.165, 1.54) is 12.8 Å². The first-order valence-corrected chi connectivity index (χ1v) is 5.79. The third-order valence-electron chi connectivity index (χ3n) is 3.20. The first-order chi connectivity index (χ1) is 8.36. The molecule has 1 aliphatic carbocycles. The second-order valence-corrected chi connectivity index (χ2v) is 4.35. The van der Waals surface area contributed by atoms with Gasteiger partial charge in [-0.25, -0.2) is 0 Å². The average molecular weight is 228 g/mol. The zero-order valence-corrected chi connectivity index (χ0v) is 9.31. The van der Waals surface area contributed by atoms with Gasteiger partial charge in [-0.05, 0) is 18.9 Å². The largest absolute Gasteiger partial charge is 0.356 e. The van der Waals surface area contributed by atoms with E-state index in [4.69, 9.17) is 9.78 Å². The molecule has 2 heterocycles. The van der Waals surface area contributed by atoms with Gasteiger partial charge < -0.3 is 9.51 Å². The summed E-state index contributed by atoms with van der Waals surface area (Å²) in [5.74, 6) is 1.71. The number of rotatable bonds is 2. The van der Waals surface area contributed by atoms with E-state index in [0.717, 1.165) is 18.7 Å². The van der Waals surface area contributed by atoms with Crippen molar-refractivity contribution >= 4 is 0 Å². The van der Waals surface area contributed by atoms with Crippen molar-refractivity contribution in [3.8, 4) is 17.7 Å². The van der Waals surface area contributed by atoms with Gasteiger partial charge in [0.2, 0.25) is 0 Å². The van der Waals surface area contributed by atoms with Crippen molar-refractivity contribution in [1.82, 2.24) is 15.1 Å². The fourth-order valence-corrected chi connectivity index (χ4v) is 2.28. The minimum atomic E-state index is 0.442. The van der Waals surface area contributed by atoms with Crippen molar-refractivity contribution in [3.63, 3.8) is 0 Å². The summed E-state index contributed by atoms with van der Waals surface area (Å²) < 4.78 is 5.22. The lowest BCUT2D eigenvalue weighted by Gasteiger charge is -1.99. The number of nitrogens with zero attached hydrogens (tertiary/aromatic N) is 3. The van der Waals surface area contributed by atoms with Crippen molar-refractivity contribution in [3.05, 3.63) is 23.7 Å². The normalized spacial score (nSPS) is 16.2. The Morgan fingerprint density at radius 2 is 2.24 bits per heavy atom. The Morgan fingerprint density at radius 3 is 2.94 bits per heavy atom. The summed E-state index contributed by atoms with van der Waals surface area (Å²) in [6.45, 7) is 0. The molecule has 3 rings (SSSR count). The zero-order chi connectivity index (χ0) is 11.7. The van der Waals surface area contributed by atoms with Crippen molar-refractivity contribution in [2.24, 2.45) is 0 Å². The van der Waals surface area contributed by atoms with E-state index >= 15 is 0 Å². The molecule has 5 nitrogen and oxygen atoms in total. The quantitative estimate of drug-likeness (QED) is 0.856. The van der Waals surface area contributed by atoms with E-state index in [1.807, 2.05) is 0 Å². The lowest BCUT2D eigenvalue weighted by molar-refractivity contribution is 0.415. The van der Waals surface area contributed by atoms with Gasteiger partial charge in [-0.3, -0.25) is 0 Å². The van der Waals surface area contributed by atoms with Crippen LogP contribution in [0.1, 0.15) is 43.0 Å². The summed E-state index contributed by atoms with van der Waals surface area (Å²) in [7, 11) is 0. The van der Waals surface area contributed by atoms with E-state index in [1.54, 1.807) is 12.3 Å². The maximum atomic E-state index is 8.74. The molecular formula is C12H12N4O. The van der Waals surface area contributed by atoms with Crippen LogP contribution in [0, 0.1) is 11.3 Å². The molecule has 86 valence electrons. The highest BCUT2D eigenvalue weighted by atomic mass is 16.5. The van der Waals surface area contributed by atoms with Crippen LogP contribution in [-0.4, -0.2) is 15.1 Å². The molecule has 17 heavy (non-hydrogen) atoms. The number of aromatic amines is 1. The van der Waals surface area contributed by atoms with Gasteiger partial charge in [0.1, 0.15) is 11.8 Å². The van der Waals surface area contributed by atoms with Crippen LogP contribution >= 0.6 is 0 Å². The predicted octanol–water partition coefficient (Wildman–Crippen LogP) is 2.59. The van der Waals surface area contributed by atoms with Crippen molar-refractivity contribution < 1.29 is 4.52 Å². The van der Waals surface area contributed by atoms with Gasteiger partial charge in [0, 0.05) is 12.1 Å². The van der Waals surface area contributed by atoms with Gasteiger partial charge in [-0.1, -0.05) is 18.0 Å². The monoisotopic (exact) mass is 228 g/mol. The molecule has 0 atom stereocenters. The van der Waals surface area contributed by atoms with Gasteiger partial charge in [0.25, 0.3) is 5.89 Å². The fraction of sp³-hybridized carbons (Fsp3) is 0.417. The topological polar surface area (TPSA) is 78.5 Å². The summed E-state index contributed by atoms with van der Waals surface area (Å²) in [5.41, 5.74) is 1.28. The van der Waals surface area contributed by atoms with Crippen LogP contribution < -0.4 is 0 Å². The van der Waals surface area contributed by atoms with E-state index in [9.17, 15) is 0 Å². The highest BCUT2D eigenvalue weighted by molar-refractivity contribution is 5.51. The third kappa shape index (κ3) is 1.82.